The smallest absolute Gasteiger partial charge is 0.338 e. The van der Waals surface area contributed by atoms with Gasteiger partial charge in [-0.25, -0.2) is 14.3 Å². The van der Waals surface area contributed by atoms with E-state index < -0.39 is 0 Å². The van der Waals surface area contributed by atoms with Crippen molar-refractivity contribution in [2.45, 2.75) is 20.0 Å². The van der Waals surface area contributed by atoms with E-state index in [0.29, 0.717) is 5.56 Å². The molecule has 106 valence electrons. The third-order valence-corrected chi connectivity index (χ3v) is 3.02. The van der Waals surface area contributed by atoms with Gasteiger partial charge < -0.3 is 4.74 Å². The molecule has 2 aromatic heterocycles. The highest BCUT2D eigenvalue weighted by Gasteiger charge is 2.09. The third kappa shape index (κ3) is 2.76. The molecule has 21 heavy (non-hydrogen) atoms. The first-order valence-electron chi connectivity index (χ1n) is 6.75. The SMILES string of the molecule is CC(C)OC(=O)c1ccc(-c2ccn3nccc3n2)cc1. The number of fused-ring (bicyclic) bond motifs is 1. The Morgan fingerprint density at radius 3 is 2.62 bits per heavy atom. The summed E-state index contributed by atoms with van der Waals surface area (Å²) in [5, 5.41) is 4.11. The standard InChI is InChI=1S/C16H15N3O2/c1-11(2)21-16(20)13-5-3-12(4-6-13)14-8-10-19-15(18-14)7-9-17-19/h3-11H,1-2H3. The summed E-state index contributed by atoms with van der Waals surface area (Å²) in [5.74, 6) is -0.309. The van der Waals surface area contributed by atoms with E-state index >= 15 is 0 Å². The largest absolute Gasteiger partial charge is 0.459 e. The van der Waals surface area contributed by atoms with Crippen LogP contribution in [0, 0.1) is 0 Å². The van der Waals surface area contributed by atoms with Crippen LogP contribution in [-0.4, -0.2) is 26.7 Å². The topological polar surface area (TPSA) is 56.5 Å². The summed E-state index contributed by atoms with van der Waals surface area (Å²) in [6.45, 7) is 3.66. The number of benzene rings is 1. The van der Waals surface area contributed by atoms with Crippen molar-refractivity contribution in [3.05, 3.63) is 54.4 Å². The minimum absolute atomic E-state index is 0.122. The number of aromatic nitrogens is 3. The molecule has 3 aromatic rings. The lowest BCUT2D eigenvalue weighted by Crippen LogP contribution is -2.11. The fourth-order valence-electron chi connectivity index (χ4n) is 2.03. The van der Waals surface area contributed by atoms with Crippen LogP contribution in [0.25, 0.3) is 16.9 Å². The van der Waals surface area contributed by atoms with E-state index in [0.717, 1.165) is 16.9 Å². The summed E-state index contributed by atoms with van der Waals surface area (Å²) in [4.78, 5) is 16.3. The Morgan fingerprint density at radius 2 is 1.90 bits per heavy atom. The van der Waals surface area contributed by atoms with Gasteiger partial charge in [0.1, 0.15) is 0 Å². The summed E-state index contributed by atoms with van der Waals surface area (Å²) in [6, 6.07) is 11.0. The summed E-state index contributed by atoms with van der Waals surface area (Å²) in [5.41, 5.74) is 3.11. The number of carbonyl (C=O) groups is 1. The molecule has 5 heteroatoms. The zero-order valence-corrected chi connectivity index (χ0v) is 11.9. The minimum Gasteiger partial charge on any atom is -0.459 e. The maximum absolute atomic E-state index is 11.8. The molecule has 0 amide bonds. The Balaban J connectivity index is 1.87. The molecule has 0 radical (unpaired) electrons. The first kappa shape index (κ1) is 13.3. The van der Waals surface area contributed by atoms with Gasteiger partial charge in [0.2, 0.25) is 0 Å². The molecule has 0 aliphatic carbocycles. The lowest BCUT2D eigenvalue weighted by molar-refractivity contribution is 0.0378. The van der Waals surface area contributed by atoms with Gasteiger partial charge in [-0.2, -0.15) is 5.10 Å². The van der Waals surface area contributed by atoms with Gasteiger partial charge in [0.05, 0.1) is 23.6 Å². The van der Waals surface area contributed by atoms with Gasteiger partial charge in [0.15, 0.2) is 5.65 Å². The lowest BCUT2D eigenvalue weighted by atomic mass is 10.1. The van der Waals surface area contributed by atoms with E-state index in [4.69, 9.17) is 4.74 Å². The van der Waals surface area contributed by atoms with Crippen LogP contribution < -0.4 is 0 Å². The van der Waals surface area contributed by atoms with Gasteiger partial charge in [0, 0.05) is 17.8 Å². The van der Waals surface area contributed by atoms with E-state index in [-0.39, 0.29) is 12.1 Å². The Morgan fingerprint density at radius 1 is 1.14 bits per heavy atom. The second kappa shape index (κ2) is 5.36. The van der Waals surface area contributed by atoms with Crippen molar-refractivity contribution >= 4 is 11.6 Å². The van der Waals surface area contributed by atoms with Crippen molar-refractivity contribution < 1.29 is 9.53 Å². The van der Waals surface area contributed by atoms with Crippen molar-refractivity contribution in [3.63, 3.8) is 0 Å². The van der Waals surface area contributed by atoms with Crippen LogP contribution in [0.1, 0.15) is 24.2 Å². The molecule has 0 bridgehead atoms. The molecule has 0 unspecified atom stereocenters. The van der Waals surface area contributed by atoms with E-state index in [2.05, 4.69) is 10.1 Å². The van der Waals surface area contributed by atoms with Gasteiger partial charge in [-0.3, -0.25) is 0 Å². The highest BCUT2D eigenvalue weighted by atomic mass is 16.5. The molecule has 0 spiro atoms. The number of nitrogens with zero attached hydrogens (tertiary/aromatic N) is 3. The second-order valence-corrected chi connectivity index (χ2v) is 4.98. The van der Waals surface area contributed by atoms with Crippen LogP contribution in [0.5, 0.6) is 0 Å². The molecular formula is C16H15N3O2. The van der Waals surface area contributed by atoms with Gasteiger partial charge in [-0.15, -0.1) is 0 Å². The van der Waals surface area contributed by atoms with E-state index in [1.165, 1.54) is 0 Å². The number of esters is 1. The van der Waals surface area contributed by atoms with E-state index in [1.807, 2.05) is 44.3 Å². The first-order valence-corrected chi connectivity index (χ1v) is 6.75. The molecule has 0 aliphatic heterocycles. The molecule has 3 rings (SSSR count). The predicted octanol–water partition coefficient (Wildman–Crippen LogP) is 2.96. The fourth-order valence-corrected chi connectivity index (χ4v) is 2.03. The van der Waals surface area contributed by atoms with Crippen LogP contribution in [-0.2, 0) is 4.74 Å². The Bertz CT molecular complexity index is 776. The summed E-state index contributed by atoms with van der Waals surface area (Å²) < 4.78 is 6.87. The van der Waals surface area contributed by atoms with Crippen molar-refractivity contribution in [1.29, 1.82) is 0 Å². The van der Waals surface area contributed by atoms with E-state index in [1.54, 1.807) is 22.8 Å². The molecule has 1 aromatic carbocycles. The van der Waals surface area contributed by atoms with Gasteiger partial charge in [-0.05, 0) is 32.0 Å². The zero-order valence-electron chi connectivity index (χ0n) is 11.9. The average Bonchev–Trinajstić information content (AvgIpc) is 2.94. The van der Waals surface area contributed by atoms with Crippen LogP contribution in [0.2, 0.25) is 0 Å². The number of hydrogen-bond donors (Lipinski definition) is 0. The number of rotatable bonds is 3. The summed E-state index contributed by atoms with van der Waals surface area (Å²) in [6.07, 6.45) is 3.44. The van der Waals surface area contributed by atoms with Crippen molar-refractivity contribution in [2.75, 3.05) is 0 Å². The average molecular weight is 281 g/mol. The van der Waals surface area contributed by atoms with Crippen molar-refractivity contribution in [1.82, 2.24) is 14.6 Å². The molecule has 0 saturated carbocycles. The molecular weight excluding hydrogens is 266 g/mol. The van der Waals surface area contributed by atoms with Crippen molar-refractivity contribution in [2.24, 2.45) is 0 Å². The quantitative estimate of drug-likeness (QED) is 0.693. The van der Waals surface area contributed by atoms with Crippen LogP contribution >= 0.6 is 0 Å². The molecule has 0 atom stereocenters. The van der Waals surface area contributed by atoms with Crippen molar-refractivity contribution in [3.8, 4) is 11.3 Å². The predicted molar refractivity (Wildman–Crippen MR) is 79.0 cm³/mol. The molecule has 0 aliphatic rings. The summed E-state index contributed by atoms with van der Waals surface area (Å²) in [7, 11) is 0. The first-order chi connectivity index (χ1) is 10.1. The normalized spacial score (nSPS) is 11.0. The number of carbonyl (C=O) groups excluding carboxylic acids is 1. The lowest BCUT2D eigenvalue weighted by Gasteiger charge is -2.08. The Hall–Kier alpha value is -2.69. The third-order valence-electron chi connectivity index (χ3n) is 3.02. The maximum Gasteiger partial charge on any atom is 0.338 e. The Kier molecular flexibility index (Phi) is 3.39. The molecule has 2 heterocycles. The second-order valence-electron chi connectivity index (χ2n) is 4.98. The number of hydrogen-bond acceptors (Lipinski definition) is 4. The van der Waals surface area contributed by atoms with E-state index in [9.17, 15) is 4.79 Å². The maximum atomic E-state index is 11.8. The van der Waals surface area contributed by atoms with Gasteiger partial charge >= 0.3 is 5.97 Å². The molecule has 0 N–H and O–H groups in total. The van der Waals surface area contributed by atoms with Crippen LogP contribution in [0.15, 0.2) is 48.8 Å². The monoisotopic (exact) mass is 281 g/mol. The van der Waals surface area contributed by atoms with Crippen LogP contribution in [0.4, 0.5) is 0 Å². The van der Waals surface area contributed by atoms with Gasteiger partial charge in [0.25, 0.3) is 0 Å². The summed E-state index contributed by atoms with van der Waals surface area (Å²) >= 11 is 0. The highest BCUT2D eigenvalue weighted by Crippen LogP contribution is 2.18. The Labute approximate surface area is 122 Å². The molecule has 0 saturated heterocycles. The molecule has 0 fully saturated rings. The van der Waals surface area contributed by atoms with Gasteiger partial charge in [-0.1, -0.05) is 12.1 Å². The van der Waals surface area contributed by atoms with Crippen LogP contribution in [0.3, 0.4) is 0 Å². The zero-order chi connectivity index (χ0) is 14.8. The fraction of sp³-hybridized carbons (Fsp3) is 0.188. The molecule has 5 nitrogen and oxygen atoms in total. The minimum atomic E-state index is -0.309. The highest BCUT2D eigenvalue weighted by molar-refractivity contribution is 5.90. The number of ether oxygens (including phenoxy) is 1.